The molecule has 0 spiro atoms. The number of Topliss-reactive ketones (excluding diaryl/α,β-unsaturated/α-hetero) is 1. The van der Waals surface area contributed by atoms with Crippen molar-refractivity contribution in [3.8, 4) is 11.5 Å². The molecular weight excluding hydrogens is 434 g/mol. The molecule has 2 atom stereocenters. The standard InChI is InChI=1S/C27H31NO6/c1-4-12-33-21-8-5-7-18(16-21)24-23(26(30)27(31)28(24)11-6-13-32-3)25(29)19-9-10-22-20(15-19)14-17(2)34-22/h5,7-10,15-17,24,29H,4,6,11-14H2,1-3H3/t17-,24-/m0/s1. The Balaban J connectivity index is 1.78. The summed E-state index contributed by atoms with van der Waals surface area (Å²) in [6.07, 6.45) is 2.22. The number of likely N-dealkylation sites (tertiary alicyclic amines) is 1. The summed E-state index contributed by atoms with van der Waals surface area (Å²) < 4.78 is 16.7. The molecule has 0 aromatic heterocycles. The number of aliphatic hydroxyl groups excluding tert-OH is 1. The molecule has 1 fully saturated rings. The number of benzene rings is 2. The Labute approximate surface area is 199 Å². The van der Waals surface area contributed by atoms with Crippen LogP contribution in [0.5, 0.6) is 11.5 Å². The van der Waals surface area contributed by atoms with Gasteiger partial charge in [0.05, 0.1) is 18.2 Å². The number of amides is 1. The van der Waals surface area contributed by atoms with E-state index in [9.17, 15) is 14.7 Å². The van der Waals surface area contributed by atoms with E-state index in [0.29, 0.717) is 43.1 Å². The lowest BCUT2D eigenvalue weighted by Gasteiger charge is -2.25. The smallest absolute Gasteiger partial charge is 0.295 e. The molecule has 34 heavy (non-hydrogen) atoms. The predicted octanol–water partition coefficient (Wildman–Crippen LogP) is 4.26. The fourth-order valence-corrected chi connectivity index (χ4v) is 4.56. The first-order valence-corrected chi connectivity index (χ1v) is 11.7. The largest absolute Gasteiger partial charge is 0.507 e. The molecule has 2 aliphatic heterocycles. The van der Waals surface area contributed by atoms with Crippen LogP contribution in [0.4, 0.5) is 0 Å². The van der Waals surface area contributed by atoms with Crippen LogP contribution in [0.25, 0.3) is 5.76 Å². The summed E-state index contributed by atoms with van der Waals surface area (Å²) in [7, 11) is 1.60. The Morgan fingerprint density at radius 2 is 2.00 bits per heavy atom. The van der Waals surface area contributed by atoms with E-state index in [1.54, 1.807) is 19.2 Å². The maximum atomic E-state index is 13.2. The van der Waals surface area contributed by atoms with Crippen molar-refractivity contribution in [1.29, 1.82) is 0 Å². The van der Waals surface area contributed by atoms with E-state index in [0.717, 1.165) is 24.2 Å². The highest BCUT2D eigenvalue weighted by molar-refractivity contribution is 6.46. The molecule has 4 rings (SSSR count). The zero-order chi connectivity index (χ0) is 24.2. The second-order valence-electron chi connectivity index (χ2n) is 8.71. The van der Waals surface area contributed by atoms with Crippen LogP contribution in [0.2, 0.25) is 0 Å². The molecule has 0 unspecified atom stereocenters. The van der Waals surface area contributed by atoms with E-state index in [1.807, 2.05) is 44.2 Å². The number of ether oxygens (including phenoxy) is 3. The van der Waals surface area contributed by atoms with E-state index in [4.69, 9.17) is 14.2 Å². The molecule has 7 heteroatoms. The highest BCUT2D eigenvalue weighted by Crippen LogP contribution is 2.41. The molecule has 1 N–H and O–H groups in total. The number of nitrogens with zero attached hydrogens (tertiary/aromatic N) is 1. The summed E-state index contributed by atoms with van der Waals surface area (Å²) in [5.41, 5.74) is 2.26. The second kappa shape index (κ2) is 10.3. The van der Waals surface area contributed by atoms with Crippen molar-refractivity contribution in [3.05, 3.63) is 64.7 Å². The van der Waals surface area contributed by atoms with E-state index in [1.165, 1.54) is 4.90 Å². The Morgan fingerprint density at radius 1 is 1.18 bits per heavy atom. The number of hydrogen-bond acceptors (Lipinski definition) is 6. The zero-order valence-corrected chi connectivity index (χ0v) is 19.9. The minimum absolute atomic E-state index is 0.0598. The Morgan fingerprint density at radius 3 is 2.76 bits per heavy atom. The van der Waals surface area contributed by atoms with Crippen LogP contribution in [0.15, 0.2) is 48.0 Å². The SMILES string of the molecule is CCCOc1cccc([C@H]2C(=C(O)c3ccc4c(c3)C[C@H](C)O4)C(=O)C(=O)N2CCCOC)c1. The third-order valence-electron chi connectivity index (χ3n) is 6.10. The van der Waals surface area contributed by atoms with E-state index in [-0.39, 0.29) is 17.4 Å². The quantitative estimate of drug-likeness (QED) is 0.258. The Bertz CT molecular complexity index is 1110. The summed E-state index contributed by atoms with van der Waals surface area (Å²) in [4.78, 5) is 27.8. The first-order chi connectivity index (χ1) is 16.4. The summed E-state index contributed by atoms with van der Waals surface area (Å²) in [5.74, 6) is -0.0581. The third-order valence-corrected chi connectivity index (χ3v) is 6.10. The van der Waals surface area contributed by atoms with E-state index < -0.39 is 17.7 Å². The lowest BCUT2D eigenvalue weighted by atomic mass is 9.94. The van der Waals surface area contributed by atoms with Gasteiger partial charge in [-0.1, -0.05) is 19.1 Å². The number of ketones is 1. The highest BCUT2D eigenvalue weighted by atomic mass is 16.5. The van der Waals surface area contributed by atoms with Crippen molar-refractivity contribution >= 4 is 17.4 Å². The van der Waals surface area contributed by atoms with Gasteiger partial charge in [0.15, 0.2) is 0 Å². The van der Waals surface area contributed by atoms with Gasteiger partial charge in [-0.3, -0.25) is 9.59 Å². The molecule has 180 valence electrons. The van der Waals surface area contributed by atoms with Crippen molar-refractivity contribution in [3.63, 3.8) is 0 Å². The molecule has 2 aromatic rings. The summed E-state index contributed by atoms with van der Waals surface area (Å²) in [6, 6.07) is 12.0. The van der Waals surface area contributed by atoms with E-state index >= 15 is 0 Å². The van der Waals surface area contributed by atoms with Crippen LogP contribution in [-0.4, -0.2) is 54.7 Å². The van der Waals surface area contributed by atoms with Gasteiger partial charge in [0.2, 0.25) is 0 Å². The number of aliphatic hydroxyl groups is 1. The van der Waals surface area contributed by atoms with Gasteiger partial charge >= 0.3 is 0 Å². The molecule has 7 nitrogen and oxygen atoms in total. The van der Waals surface area contributed by atoms with Crippen molar-refractivity contribution < 1.29 is 28.9 Å². The molecule has 1 saturated heterocycles. The van der Waals surface area contributed by atoms with Gasteiger partial charge in [-0.05, 0) is 61.2 Å². The lowest BCUT2D eigenvalue weighted by molar-refractivity contribution is -0.140. The van der Waals surface area contributed by atoms with Crippen LogP contribution in [0.3, 0.4) is 0 Å². The summed E-state index contributed by atoms with van der Waals surface area (Å²) >= 11 is 0. The molecule has 0 radical (unpaired) electrons. The second-order valence-corrected chi connectivity index (χ2v) is 8.71. The maximum Gasteiger partial charge on any atom is 0.295 e. The van der Waals surface area contributed by atoms with Gasteiger partial charge in [0, 0.05) is 32.2 Å². The highest BCUT2D eigenvalue weighted by Gasteiger charge is 2.46. The fraction of sp³-hybridized carbons (Fsp3) is 0.407. The Hall–Kier alpha value is -3.32. The fourth-order valence-electron chi connectivity index (χ4n) is 4.56. The summed E-state index contributed by atoms with van der Waals surface area (Å²) in [6.45, 7) is 5.36. The first kappa shape index (κ1) is 23.8. The molecule has 2 aliphatic rings. The van der Waals surface area contributed by atoms with Gasteiger partial charge in [-0.15, -0.1) is 0 Å². The Kier molecular flexibility index (Phi) is 7.22. The minimum Gasteiger partial charge on any atom is -0.507 e. The van der Waals surface area contributed by atoms with Gasteiger partial charge in [-0.25, -0.2) is 0 Å². The van der Waals surface area contributed by atoms with Gasteiger partial charge in [-0.2, -0.15) is 0 Å². The average molecular weight is 466 g/mol. The van der Waals surface area contributed by atoms with Gasteiger partial charge in [0.1, 0.15) is 23.4 Å². The number of hydrogen-bond donors (Lipinski definition) is 1. The average Bonchev–Trinajstić information content (AvgIpc) is 3.33. The number of carbonyl (C=O) groups excluding carboxylic acids is 2. The molecule has 1 amide bonds. The molecule has 0 bridgehead atoms. The number of rotatable bonds is 9. The maximum absolute atomic E-state index is 13.2. The van der Waals surface area contributed by atoms with Crippen LogP contribution in [0.1, 0.15) is 49.4 Å². The topological polar surface area (TPSA) is 85.3 Å². The molecule has 0 aliphatic carbocycles. The first-order valence-electron chi connectivity index (χ1n) is 11.7. The molecular formula is C27H31NO6. The van der Waals surface area contributed by atoms with Crippen LogP contribution in [-0.2, 0) is 20.7 Å². The number of carbonyl (C=O) groups is 2. The van der Waals surface area contributed by atoms with Crippen molar-refractivity contribution in [1.82, 2.24) is 4.90 Å². The molecule has 0 saturated carbocycles. The molecule has 2 heterocycles. The predicted molar refractivity (Wildman–Crippen MR) is 128 cm³/mol. The summed E-state index contributed by atoms with van der Waals surface area (Å²) in [5, 5.41) is 11.3. The number of methoxy groups -OCH3 is 1. The van der Waals surface area contributed by atoms with Crippen molar-refractivity contribution in [2.24, 2.45) is 0 Å². The van der Waals surface area contributed by atoms with Crippen molar-refractivity contribution in [2.45, 2.75) is 45.3 Å². The minimum atomic E-state index is -0.717. The van der Waals surface area contributed by atoms with Gasteiger partial charge < -0.3 is 24.2 Å². The lowest BCUT2D eigenvalue weighted by Crippen LogP contribution is -2.31. The number of fused-ring (bicyclic) bond motifs is 1. The van der Waals surface area contributed by atoms with Crippen LogP contribution in [0, 0.1) is 0 Å². The van der Waals surface area contributed by atoms with Gasteiger partial charge in [0.25, 0.3) is 11.7 Å². The van der Waals surface area contributed by atoms with Crippen molar-refractivity contribution in [2.75, 3.05) is 26.9 Å². The normalized spacial score (nSPS) is 21.0. The van der Waals surface area contributed by atoms with E-state index in [2.05, 4.69) is 0 Å². The van der Waals surface area contributed by atoms with Crippen LogP contribution < -0.4 is 9.47 Å². The monoisotopic (exact) mass is 465 g/mol. The van der Waals surface area contributed by atoms with Crippen LogP contribution >= 0.6 is 0 Å². The zero-order valence-electron chi connectivity index (χ0n) is 19.9. The molecule has 2 aromatic carbocycles. The third kappa shape index (κ3) is 4.66.